The van der Waals surface area contributed by atoms with E-state index in [0.29, 0.717) is 0 Å². The van der Waals surface area contributed by atoms with Crippen LogP contribution in [0, 0.1) is 0 Å². The second kappa shape index (κ2) is 14.6. The van der Waals surface area contributed by atoms with Crippen LogP contribution in [0.15, 0.2) is 231 Å². The second-order valence-corrected chi connectivity index (χ2v) is 15.1. The van der Waals surface area contributed by atoms with Gasteiger partial charge in [0.25, 0.3) is 0 Å². The topological polar surface area (TPSA) is 17.8 Å². The lowest BCUT2D eigenvalue weighted by atomic mass is 9.84. The van der Waals surface area contributed by atoms with Crippen LogP contribution in [-0.2, 0) is 0 Å². The molecule has 0 aliphatic rings. The lowest BCUT2D eigenvalue weighted by molar-refractivity contribution is 1.10. The Morgan fingerprint density at radius 2 is 0.763 bits per heavy atom. The van der Waals surface area contributed by atoms with Crippen LogP contribution >= 0.6 is 0 Å². The molecule has 1 heterocycles. The molecule has 0 N–H and O–H groups in total. The highest BCUT2D eigenvalue weighted by atomic mass is 15.1. The molecular formula is C57H38N2. The van der Waals surface area contributed by atoms with Gasteiger partial charge in [-0.05, 0) is 120 Å². The molecule has 0 aliphatic heterocycles. The summed E-state index contributed by atoms with van der Waals surface area (Å²) in [5.41, 5.74) is 16.3. The van der Waals surface area contributed by atoms with Gasteiger partial charge in [0.15, 0.2) is 0 Å². The van der Waals surface area contributed by atoms with Crippen molar-refractivity contribution in [2.45, 2.75) is 0 Å². The molecule has 10 aromatic carbocycles. The maximum atomic E-state index is 5.21. The van der Waals surface area contributed by atoms with Gasteiger partial charge < -0.3 is 0 Å². The van der Waals surface area contributed by atoms with Crippen molar-refractivity contribution in [2.24, 2.45) is 0 Å². The average Bonchev–Trinajstić information content (AvgIpc) is 3.71. The van der Waals surface area contributed by atoms with E-state index in [-0.39, 0.29) is 0 Å². The molecule has 0 spiro atoms. The third kappa shape index (κ3) is 6.10. The summed E-state index contributed by atoms with van der Waals surface area (Å²) in [6.45, 7) is 0. The normalized spacial score (nSPS) is 11.4. The lowest BCUT2D eigenvalue weighted by Crippen LogP contribution is -1.97. The maximum Gasteiger partial charge on any atom is 0.145 e. The summed E-state index contributed by atoms with van der Waals surface area (Å²) in [6, 6.07) is 83.1. The first-order valence-electron chi connectivity index (χ1n) is 20.2. The molecule has 0 aliphatic carbocycles. The standard InChI is InChI=1S/C57H38N2/c1-4-18-39(19-5-1)41-34-35-47(52(38-41)40-20-6-2-7-21-40)42-22-16-23-43(36-42)55-48-28-10-12-30-50(48)56(51-31-13-11-29-49(51)55)44-24-17-25-45(37-44)57-58-53-32-14-15-33-54(53)59(57)46-26-8-3-9-27-46/h1-38H. The highest BCUT2D eigenvalue weighted by Crippen LogP contribution is 2.46. The molecule has 11 rings (SSSR count). The first-order valence-corrected chi connectivity index (χ1v) is 20.2. The highest BCUT2D eigenvalue weighted by Gasteiger charge is 2.20. The Balaban J connectivity index is 1.09. The molecule has 0 saturated heterocycles. The van der Waals surface area contributed by atoms with Gasteiger partial charge in [-0.25, -0.2) is 4.98 Å². The van der Waals surface area contributed by atoms with Gasteiger partial charge in [-0.2, -0.15) is 0 Å². The van der Waals surface area contributed by atoms with Gasteiger partial charge in [-0.1, -0.05) is 188 Å². The molecule has 0 bridgehead atoms. The minimum atomic E-state index is 0.924. The molecular weight excluding hydrogens is 713 g/mol. The van der Waals surface area contributed by atoms with Gasteiger partial charge in [0, 0.05) is 11.3 Å². The Morgan fingerprint density at radius 1 is 0.288 bits per heavy atom. The summed E-state index contributed by atoms with van der Waals surface area (Å²) in [6.07, 6.45) is 0. The number of benzene rings is 10. The average molecular weight is 751 g/mol. The fraction of sp³-hybridized carbons (Fsp3) is 0. The van der Waals surface area contributed by atoms with Gasteiger partial charge >= 0.3 is 0 Å². The zero-order valence-electron chi connectivity index (χ0n) is 32.3. The number of rotatable bonds is 7. The lowest BCUT2D eigenvalue weighted by Gasteiger charge is -2.19. The number of aromatic nitrogens is 2. The molecule has 0 amide bonds. The van der Waals surface area contributed by atoms with Crippen molar-refractivity contribution < 1.29 is 0 Å². The summed E-state index contributed by atoms with van der Waals surface area (Å²) >= 11 is 0. The first-order chi connectivity index (χ1) is 29.3. The van der Waals surface area contributed by atoms with Gasteiger partial charge in [0.1, 0.15) is 5.82 Å². The third-order valence-corrected chi connectivity index (χ3v) is 11.6. The van der Waals surface area contributed by atoms with Crippen molar-refractivity contribution in [2.75, 3.05) is 0 Å². The van der Waals surface area contributed by atoms with Crippen LogP contribution in [0.3, 0.4) is 0 Å². The third-order valence-electron chi connectivity index (χ3n) is 11.6. The predicted molar refractivity (Wildman–Crippen MR) is 249 cm³/mol. The number of hydrogen-bond acceptors (Lipinski definition) is 1. The minimum Gasteiger partial charge on any atom is -0.292 e. The molecule has 11 aromatic rings. The van der Waals surface area contributed by atoms with E-state index in [1.807, 2.05) is 0 Å². The molecule has 0 unspecified atom stereocenters. The highest BCUT2D eigenvalue weighted by molar-refractivity contribution is 6.21. The number of para-hydroxylation sites is 3. The number of nitrogens with zero attached hydrogens (tertiary/aromatic N) is 2. The van der Waals surface area contributed by atoms with E-state index in [9.17, 15) is 0 Å². The van der Waals surface area contributed by atoms with Crippen molar-refractivity contribution in [3.8, 4) is 72.7 Å². The summed E-state index contributed by atoms with van der Waals surface area (Å²) in [7, 11) is 0. The van der Waals surface area contributed by atoms with Crippen LogP contribution in [0.5, 0.6) is 0 Å². The van der Waals surface area contributed by atoms with Crippen molar-refractivity contribution in [1.82, 2.24) is 9.55 Å². The van der Waals surface area contributed by atoms with Gasteiger partial charge in [0.05, 0.1) is 11.0 Å². The molecule has 59 heavy (non-hydrogen) atoms. The van der Waals surface area contributed by atoms with E-state index in [0.717, 1.165) is 33.7 Å². The maximum absolute atomic E-state index is 5.21. The summed E-state index contributed by atoms with van der Waals surface area (Å²) < 4.78 is 2.28. The molecule has 0 fully saturated rings. The van der Waals surface area contributed by atoms with E-state index < -0.39 is 0 Å². The number of fused-ring (bicyclic) bond motifs is 3. The fourth-order valence-corrected chi connectivity index (χ4v) is 8.93. The van der Waals surface area contributed by atoms with Crippen molar-refractivity contribution in [3.63, 3.8) is 0 Å². The van der Waals surface area contributed by atoms with E-state index >= 15 is 0 Å². The van der Waals surface area contributed by atoms with E-state index in [4.69, 9.17) is 4.98 Å². The Bertz CT molecular complexity index is 3250. The van der Waals surface area contributed by atoms with Crippen LogP contribution in [0.1, 0.15) is 0 Å². The van der Waals surface area contributed by atoms with Gasteiger partial charge in [-0.3, -0.25) is 4.57 Å². The van der Waals surface area contributed by atoms with Crippen LogP contribution < -0.4 is 0 Å². The number of imidazole rings is 1. The second-order valence-electron chi connectivity index (χ2n) is 15.1. The Morgan fingerprint density at radius 3 is 1.39 bits per heavy atom. The Hall–Kier alpha value is -7.81. The molecule has 276 valence electrons. The summed E-state index contributed by atoms with van der Waals surface area (Å²) in [4.78, 5) is 5.21. The Labute approximate surface area is 344 Å². The largest absolute Gasteiger partial charge is 0.292 e. The smallest absolute Gasteiger partial charge is 0.145 e. The summed E-state index contributed by atoms with van der Waals surface area (Å²) in [5.74, 6) is 0.924. The van der Waals surface area contributed by atoms with Crippen LogP contribution in [0.4, 0.5) is 0 Å². The van der Waals surface area contributed by atoms with Gasteiger partial charge in [-0.15, -0.1) is 0 Å². The summed E-state index contributed by atoms with van der Waals surface area (Å²) in [5, 5.41) is 4.89. The van der Waals surface area contributed by atoms with Gasteiger partial charge in [0.2, 0.25) is 0 Å². The molecule has 0 radical (unpaired) electrons. The minimum absolute atomic E-state index is 0.924. The van der Waals surface area contributed by atoms with Crippen LogP contribution in [-0.4, -0.2) is 9.55 Å². The van der Waals surface area contributed by atoms with E-state index in [1.165, 1.54) is 71.6 Å². The van der Waals surface area contributed by atoms with E-state index in [1.54, 1.807) is 0 Å². The quantitative estimate of drug-likeness (QED) is 0.148. The predicted octanol–water partition coefficient (Wildman–Crippen LogP) is 15.3. The van der Waals surface area contributed by atoms with Crippen molar-refractivity contribution in [3.05, 3.63) is 231 Å². The van der Waals surface area contributed by atoms with Crippen molar-refractivity contribution >= 4 is 32.6 Å². The Kier molecular flexibility index (Phi) is 8.52. The van der Waals surface area contributed by atoms with Crippen LogP contribution in [0.2, 0.25) is 0 Å². The van der Waals surface area contributed by atoms with Crippen molar-refractivity contribution in [1.29, 1.82) is 0 Å². The molecule has 2 heteroatoms. The van der Waals surface area contributed by atoms with Crippen LogP contribution in [0.25, 0.3) is 105 Å². The molecule has 1 aromatic heterocycles. The SMILES string of the molecule is c1ccc(-c2ccc(-c3cccc(-c4c5ccccc5c(-c5cccc(-c6nc7ccccc7n6-c6ccccc6)c5)c5ccccc45)c3)c(-c3ccccc3)c2)cc1. The number of hydrogen-bond donors (Lipinski definition) is 0. The monoisotopic (exact) mass is 750 g/mol. The van der Waals surface area contributed by atoms with E-state index in [2.05, 4.69) is 235 Å². The first kappa shape index (κ1) is 34.4. The molecule has 0 saturated carbocycles. The zero-order valence-corrected chi connectivity index (χ0v) is 32.3. The fourth-order valence-electron chi connectivity index (χ4n) is 8.93. The zero-order chi connectivity index (χ0) is 39.1. The molecule has 2 nitrogen and oxygen atoms in total. The molecule has 0 atom stereocenters.